The second kappa shape index (κ2) is 6.35. The first kappa shape index (κ1) is 16.3. The van der Waals surface area contributed by atoms with Crippen molar-refractivity contribution in [3.8, 4) is 0 Å². The van der Waals surface area contributed by atoms with Crippen LogP contribution in [-0.4, -0.2) is 54.2 Å². The molecule has 3 aromatic heterocycles. The van der Waals surface area contributed by atoms with Crippen LogP contribution in [0.5, 0.6) is 0 Å². The van der Waals surface area contributed by atoms with Crippen molar-refractivity contribution < 1.29 is 4.79 Å². The van der Waals surface area contributed by atoms with Crippen molar-refractivity contribution in [3.63, 3.8) is 0 Å². The maximum atomic E-state index is 13.1. The van der Waals surface area contributed by atoms with Gasteiger partial charge in [0.15, 0.2) is 0 Å². The van der Waals surface area contributed by atoms with Gasteiger partial charge in [-0.3, -0.25) is 19.4 Å². The SMILES string of the molecule is Cn1cc(CN2CC3C(C2)n2cccc2C(=O)N3Cc2cccnc2)cn1. The highest BCUT2D eigenvalue weighted by molar-refractivity contribution is 5.94. The zero-order valence-electron chi connectivity index (χ0n) is 15.3. The van der Waals surface area contributed by atoms with Crippen LogP contribution in [0.4, 0.5) is 0 Å². The van der Waals surface area contributed by atoms with E-state index in [4.69, 9.17) is 0 Å². The zero-order valence-corrected chi connectivity index (χ0v) is 15.3. The van der Waals surface area contributed by atoms with Crippen LogP contribution in [0, 0.1) is 0 Å². The van der Waals surface area contributed by atoms with Crippen LogP contribution in [-0.2, 0) is 20.1 Å². The predicted molar refractivity (Wildman–Crippen MR) is 99.9 cm³/mol. The molecule has 0 N–H and O–H groups in total. The molecule has 1 amide bonds. The maximum Gasteiger partial charge on any atom is 0.271 e. The van der Waals surface area contributed by atoms with Crippen molar-refractivity contribution in [2.45, 2.75) is 25.2 Å². The fourth-order valence-corrected chi connectivity index (χ4v) is 4.41. The Morgan fingerprint density at radius 1 is 1.07 bits per heavy atom. The highest BCUT2D eigenvalue weighted by atomic mass is 16.2. The Morgan fingerprint density at radius 3 is 2.74 bits per heavy atom. The summed E-state index contributed by atoms with van der Waals surface area (Å²) in [6.07, 6.45) is 9.63. The van der Waals surface area contributed by atoms with E-state index in [-0.39, 0.29) is 18.0 Å². The maximum absolute atomic E-state index is 13.1. The number of amides is 1. The summed E-state index contributed by atoms with van der Waals surface area (Å²) in [4.78, 5) is 21.8. The van der Waals surface area contributed by atoms with Gasteiger partial charge in [0.25, 0.3) is 5.91 Å². The number of likely N-dealkylation sites (tertiary alicyclic amines) is 1. The molecule has 1 fully saturated rings. The number of carbonyl (C=O) groups excluding carboxylic acids is 1. The first-order valence-corrected chi connectivity index (χ1v) is 9.25. The van der Waals surface area contributed by atoms with Gasteiger partial charge in [-0.25, -0.2) is 0 Å². The molecule has 2 atom stereocenters. The Balaban J connectivity index is 1.43. The van der Waals surface area contributed by atoms with Gasteiger partial charge in [0.2, 0.25) is 0 Å². The van der Waals surface area contributed by atoms with E-state index in [1.165, 1.54) is 5.56 Å². The van der Waals surface area contributed by atoms with Gasteiger partial charge in [0, 0.05) is 63.6 Å². The van der Waals surface area contributed by atoms with Gasteiger partial charge >= 0.3 is 0 Å². The van der Waals surface area contributed by atoms with E-state index in [1.54, 1.807) is 6.20 Å². The summed E-state index contributed by atoms with van der Waals surface area (Å²) in [6, 6.07) is 8.30. The molecule has 27 heavy (non-hydrogen) atoms. The summed E-state index contributed by atoms with van der Waals surface area (Å²) in [6.45, 7) is 3.24. The third kappa shape index (κ3) is 2.84. The minimum atomic E-state index is 0.105. The molecule has 2 aliphatic rings. The molecule has 5 rings (SSSR count). The van der Waals surface area contributed by atoms with E-state index >= 15 is 0 Å². The van der Waals surface area contributed by atoms with Crippen LogP contribution in [0.1, 0.15) is 27.7 Å². The zero-order chi connectivity index (χ0) is 18.4. The lowest BCUT2D eigenvalue weighted by Gasteiger charge is -2.38. The Kier molecular flexibility index (Phi) is 3.82. The standard InChI is InChI=1S/C20H22N6O/c1-23-10-16(9-22-23)11-24-13-18-19(14-24)26(12-15-4-2-6-21-8-15)20(27)17-5-3-7-25(17)18/h2-10,18-19H,11-14H2,1H3. The molecular weight excluding hydrogens is 340 g/mol. The van der Waals surface area contributed by atoms with E-state index in [9.17, 15) is 4.79 Å². The van der Waals surface area contributed by atoms with Crippen molar-refractivity contribution in [1.82, 2.24) is 29.1 Å². The number of rotatable bonds is 4. The molecular formula is C20H22N6O. The van der Waals surface area contributed by atoms with Gasteiger partial charge < -0.3 is 9.47 Å². The second-order valence-corrected chi connectivity index (χ2v) is 7.45. The summed E-state index contributed by atoms with van der Waals surface area (Å²) >= 11 is 0. The molecule has 0 aromatic carbocycles. The number of hydrogen-bond acceptors (Lipinski definition) is 4. The largest absolute Gasteiger partial charge is 0.337 e. The van der Waals surface area contributed by atoms with E-state index in [2.05, 4.69) is 25.7 Å². The third-order valence-electron chi connectivity index (χ3n) is 5.59. The number of hydrogen-bond donors (Lipinski definition) is 0. The Morgan fingerprint density at radius 2 is 1.96 bits per heavy atom. The summed E-state index contributed by atoms with van der Waals surface area (Å²) in [5, 5.41) is 4.27. The van der Waals surface area contributed by atoms with Gasteiger partial charge in [-0.05, 0) is 23.8 Å². The smallest absolute Gasteiger partial charge is 0.271 e. The number of fused-ring (bicyclic) bond motifs is 3. The molecule has 0 radical (unpaired) electrons. The van der Waals surface area contributed by atoms with Crippen LogP contribution in [0.2, 0.25) is 0 Å². The Bertz CT molecular complexity index is 962. The minimum absolute atomic E-state index is 0.105. The number of aryl methyl sites for hydroxylation is 1. The highest BCUT2D eigenvalue weighted by Crippen LogP contribution is 2.35. The van der Waals surface area contributed by atoms with E-state index < -0.39 is 0 Å². The molecule has 3 aromatic rings. The average molecular weight is 362 g/mol. The van der Waals surface area contributed by atoms with Crippen LogP contribution in [0.3, 0.4) is 0 Å². The summed E-state index contributed by atoms with van der Waals surface area (Å²) in [7, 11) is 1.94. The number of nitrogens with zero attached hydrogens (tertiary/aromatic N) is 6. The summed E-state index contributed by atoms with van der Waals surface area (Å²) in [5.41, 5.74) is 3.05. The van der Waals surface area contributed by atoms with Crippen molar-refractivity contribution in [2.75, 3.05) is 13.1 Å². The molecule has 7 heteroatoms. The Hall–Kier alpha value is -2.93. The monoisotopic (exact) mass is 362 g/mol. The lowest BCUT2D eigenvalue weighted by Crippen LogP contribution is -2.49. The summed E-state index contributed by atoms with van der Waals surface area (Å²) in [5.74, 6) is 0.105. The van der Waals surface area contributed by atoms with Crippen LogP contribution >= 0.6 is 0 Å². The fraction of sp³-hybridized carbons (Fsp3) is 0.350. The molecule has 2 unspecified atom stereocenters. The molecule has 138 valence electrons. The molecule has 5 heterocycles. The predicted octanol–water partition coefficient (Wildman–Crippen LogP) is 1.70. The minimum Gasteiger partial charge on any atom is -0.337 e. The van der Waals surface area contributed by atoms with Gasteiger partial charge in [-0.15, -0.1) is 0 Å². The van der Waals surface area contributed by atoms with Crippen molar-refractivity contribution in [2.24, 2.45) is 7.05 Å². The molecule has 0 spiro atoms. The van der Waals surface area contributed by atoms with Crippen molar-refractivity contribution in [3.05, 3.63) is 72.1 Å². The second-order valence-electron chi connectivity index (χ2n) is 7.45. The topological polar surface area (TPSA) is 59.2 Å². The first-order chi connectivity index (χ1) is 13.2. The third-order valence-corrected chi connectivity index (χ3v) is 5.59. The van der Waals surface area contributed by atoms with Crippen LogP contribution < -0.4 is 0 Å². The highest BCUT2D eigenvalue weighted by Gasteiger charge is 2.44. The lowest BCUT2D eigenvalue weighted by molar-refractivity contribution is 0.0556. The molecule has 7 nitrogen and oxygen atoms in total. The average Bonchev–Trinajstić information content (AvgIpc) is 3.39. The number of carbonyl (C=O) groups is 1. The summed E-state index contributed by atoms with van der Waals surface area (Å²) < 4.78 is 4.00. The van der Waals surface area contributed by atoms with E-state index in [0.29, 0.717) is 6.54 Å². The molecule has 0 aliphatic carbocycles. The lowest BCUT2D eigenvalue weighted by atomic mass is 10.0. The number of pyridine rings is 1. The van der Waals surface area contributed by atoms with Gasteiger partial charge in [0.1, 0.15) is 5.69 Å². The van der Waals surface area contributed by atoms with Crippen LogP contribution in [0.25, 0.3) is 0 Å². The fourth-order valence-electron chi connectivity index (χ4n) is 4.41. The molecule has 2 aliphatic heterocycles. The van der Waals surface area contributed by atoms with Gasteiger partial charge in [0.05, 0.1) is 18.3 Å². The van der Waals surface area contributed by atoms with Gasteiger partial charge in [-0.2, -0.15) is 5.10 Å². The molecule has 1 saturated heterocycles. The van der Waals surface area contributed by atoms with Crippen molar-refractivity contribution in [1.29, 1.82) is 0 Å². The van der Waals surface area contributed by atoms with Crippen LogP contribution in [0.15, 0.2) is 55.2 Å². The molecule has 0 bridgehead atoms. The quantitative estimate of drug-likeness (QED) is 0.709. The van der Waals surface area contributed by atoms with Crippen molar-refractivity contribution >= 4 is 5.91 Å². The number of aromatic nitrogens is 4. The van der Waals surface area contributed by atoms with E-state index in [0.717, 1.165) is 30.9 Å². The molecule has 0 saturated carbocycles. The van der Waals surface area contributed by atoms with Gasteiger partial charge in [-0.1, -0.05) is 6.07 Å². The van der Waals surface area contributed by atoms with E-state index in [1.807, 2.05) is 59.5 Å². The first-order valence-electron chi connectivity index (χ1n) is 9.25. The normalized spacial score (nSPS) is 22.1. The Labute approximate surface area is 157 Å².